The zero-order chi connectivity index (χ0) is 10.7. The lowest BCUT2D eigenvalue weighted by Gasteiger charge is -2.33. The minimum absolute atomic E-state index is 0.407. The standard InChI is InChI=1S/C13H23NO/c1-2-11-5-3-4-6-12(11)13(15)7-10-8-14-9-10/h10-12,14H,2-9H2,1H3. The molecule has 0 aromatic rings. The highest BCUT2D eigenvalue weighted by Gasteiger charge is 2.31. The van der Waals surface area contributed by atoms with Crippen LogP contribution >= 0.6 is 0 Å². The fourth-order valence-electron chi connectivity index (χ4n) is 3.05. The van der Waals surface area contributed by atoms with E-state index in [0.717, 1.165) is 25.9 Å². The number of hydrogen-bond acceptors (Lipinski definition) is 2. The second kappa shape index (κ2) is 5.11. The van der Waals surface area contributed by atoms with Gasteiger partial charge in [-0.1, -0.05) is 26.2 Å². The van der Waals surface area contributed by atoms with Gasteiger partial charge in [-0.3, -0.25) is 4.79 Å². The van der Waals surface area contributed by atoms with Gasteiger partial charge in [0.25, 0.3) is 0 Å². The van der Waals surface area contributed by atoms with Crippen molar-refractivity contribution in [2.24, 2.45) is 17.8 Å². The van der Waals surface area contributed by atoms with E-state index in [-0.39, 0.29) is 0 Å². The maximum Gasteiger partial charge on any atom is 0.136 e. The summed E-state index contributed by atoms with van der Waals surface area (Å²) in [4.78, 5) is 12.1. The van der Waals surface area contributed by atoms with Gasteiger partial charge in [0.15, 0.2) is 0 Å². The predicted molar refractivity (Wildman–Crippen MR) is 61.7 cm³/mol. The summed E-state index contributed by atoms with van der Waals surface area (Å²) < 4.78 is 0. The molecule has 1 aliphatic carbocycles. The zero-order valence-electron chi connectivity index (χ0n) is 9.80. The molecule has 15 heavy (non-hydrogen) atoms. The van der Waals surface area contributed by atoms with Crippen molar-refractivity contribution in [3.8, 4) is 0 Å². The molecule has 0 amide bonds. The summed E-state index contributed by atoms with van der Waals surface area (Å²) in [5.41, 5.74) is 0. The van der Waals surface area contributed by atoms with E-state index in [1.165, 1.54) is 25.7 Å². The van der Waals surface area contributed by atoms with Crippen LogP contribution in [0.3, 0.4) is 0 Å². The topological polar surface area (TPSA) is 29.1 Å². The van der Waals surface area contributed by atoms with Gasteiger partial charge in [-0.05, 0) is 37.8 Å². The monoisotopic (exact) mass is 209 g/mol. The molecule has 2 atom stereocenters. The fourth-order valence-corrected chi connectivity index (χ4v) is 3.05. The Hall–Kier alpha value is -0.370. The largest absolute Gasteiger partial charge is 0.316 e. The van der Waals surface area contributed by atoms with Crippen LogP contribution in [0, 0.1) is 17.8 Å². The fraction of sp³-hybridized carbons (Fsp3) is 0.923. The first-order chi connectivity index (χ1) is 7.31. The number of rotatable bonds is 4. The molecule has 1 aliphatic heterocycles. The van der Waals surface area contributed by atoms with Crippen LogP contribution in [-0.2, 0) is 4.79 Å². The van der Waals surface area contributed by atoms with E-state index in [4.69, 9.17) is 0 Å². The summed E-state index contributed by atoms with van der Waals surface area (Å²) in [6.45, 7) is 4.37. The molecule has 2 rings (SSSR count). The van der Waals surface area contributed by atoms with Gasteiger partial charge >= 0.3 is 0 Å². The number of nitrogens with one attached hydrogen (secondary N) is 1. The highest BCUT2D eigenvalue weighted by atomic mass is 16.1. The SMILES string of the molecule is CCC1CCCCC1C(=O)CC1CNC1. The smallest absolute Gasteiger partial charge is 0.136 e. The first-order valence-corrected chi connectivity index (χ1v) is 6.54. The van der Waals surface area contributed by atoms with Crippen molar-refractivity contribution >= 4 is 5.78 Å². The van der Waals surface area contributed by atoms with E-state index in [2.05, 4.69) is 12.2 Å². The second-order valence-corrected chi connectivity index (χ2v) is 5.25. The third kappa shape index (κ3) is 2.60. The molecule has 0 radical (unpaired) electrons. The molecule has 2 aliphatic rings. The Morgan fingerprint density at radius 1 is 1.27 bits per heavy atom. The number of hydrogen-bond donors (Lipinski definition) is 1. The highest BCUT2D eigenvalue weighted by molar-refractivity contribution is 5.81. The van der Waals surface area contributed by atoms with E-state index in [0.29, 0.717) is 23.5 Å². The van der Waals surface area contributed by atoms with Crippen molar-refractivity contribution in [2.75, 3.05) is 13.1 Å². The summed E-state index contributed by atoms with van der Waals surface area (Å²) >= 11 is 0. The Morgan fingerprint density at radius 3 is 2.60 bits per heavy atom. The highest BCUT2D eigenvalue weighted by Crippen LogP contribution is 2.34. The Balaban J connectivity index is 1.85. The van der Waals surface area contributed by atoms with Crippen LogP contribution < -0.4 is 5.32 Å². The van der Waals surface area contributed by atoms with Crippen molar-refractivity contribution in [3.05, 3.63) is 0 Å². The first kappa shape index (κ1) is 11.1. The van der Waals surface area contributed by atoms with Crippen LogP contribution in [0.25, 0.3) is 0 Å². The molecular weight excluding hydrogens is 186 g/mol. The molecule has 1 heterocycles. The molecule has 2 unspecified atom stereocenters. The molecule has 0 aromatic heterocycles. The molecule has 1 saturated carbocycles. The average molecular weight is 209 g/mol. The number of ketones is 1. The summed E-state index contributed by atoms with van der Waals surface area (Å²) in [7, 11) is 0. The van der Waals surface area contributed by atoms with Crippen molar-refractivity contribution in [2.45, 2.75) is 45.4 Å². The van der Waals surface area contributed by atoms with E-state index >= 15 is 0 Å². The van der Waals surface area contributed by atoms with Crippen LogP contribution in [0.4, 0.5) is 0 Å². The van der Waals surface area contributed by atoms with Crippen molar-refractivity contribution in [1.82, 2.24) is 5.32 Å². The summed E-state index contributed by atoms with van der Waals surface area (Å²) in [5, 5.41) is 3.24. The van der Waals surface area contributed by atoms with Gasteiger partial charge in [0, 0.05) is 12.3 Å². The summed E-state index contributed by atoms with van der Waals surface area (Å²) in [5.74, 6) is 2.31. The third-order valence-electron chi connectivity index (χ3n) is 4.20. The molecule has 2 fully saturated rings. The number of carbonyl (C=O) groups is 1. The van der Waals surface area contributed by atoms with Crippen LogP contribution in [0.2, 0.25) is 0 Å². The minimum atomic E-state index is 0.407. The molecule has 2 heteroatoms. The van der Waals surface area contributed by atoms with Crippen LogP contribution in [-0.4, -0.2) is 18.9 Å². The molecule has 0 aromatic carbocycles. The molecule has 2 nitrogen and oxygen atoms in total. The molecule has 1 saturated heterocycles. The average Bonchev–Trinajstić information content (AvgIpc) is 2.23. The summed E-state index contributed by atoms with van der Waals surface area (Å²) in [6.07, 6.45) is 7.10. The Labute approximate surface area is 92.8 Å². The zero-order valence-corrected chi connectivity index (χ0v) is 9.80. The van der Waals surface area contributed by atoms with E-state index in [1.54, 1.807) is 0 Å². The van der Waals surface area contributed by atoms with Gasteiger partial charge in [-0.2, -0.15) is 0 Å². The van der Waals surface area contributed by atoms with Crippen molar-refractivity contribution < 1.29 is 4.79 Å². The van der Waals surface area contributed by atoms with Gasteiger partial charge in [0.05, 0.1) is 0 Å². The molecular formula is C13H23NO. The third-order valence-corrected chi connectivity index (χ3v) is 4.20. The van der Waals surface area contributed by atoms with Gasteiger partial charge in [0.2, 0.25) is 0 Å². The number of carbonyl (C=O) groups excluding carboxylic acids is 1. The Kier molecular flexibility index (Phi) is 3.79. The maximum absolute atomic E-state index is 12.1. The van der Waals surface area contributed by atoms with Gasteiger partial charge < -0.3 is 5.32 Å². The molecule has 86 valence electrons. The maximum atomic E-state index is 12.1. The van der Waals surface area contributed by atoms with E-state index in [1.807, 2.05) is 0 Å². The molecule has 0 bridgehead atoms. The summed E-state index contributed by atoms with van der Waals surface area (Å²) in [6, 6.07) is 0. The first-order valence-electron chi connectivity index (χ1n) is 6.54. The van der Waals surface area contributed by atoms with Gasteiger partial charge in [-0.15, -0.1) is 0 Å². The van der Waals surface area contributed by atoms with Crippen molar-refractivity contribution in [3.63, 3.8) is 0 Å². The van der Waals surface area contributed by atoms with E-state index in [9.17, 15) is 4.79 Å². The van der Waals surface area contributed by atoms with Crippen LogP contribution in [0.5, 0.6) is 0 Å². The quantitative estimate of drug-likeness (QED) is 0.770. The molecule has 0 spiro atoms. The van der Waals surface area contributed by atoms with Gasteiger partial charge in [0.1, 0.15) is 5.78 Å². The molecule has 1 N–H and O–H groups in total. The second-order valence-electron chi connectivity index (χ2n) is 5.25. The lowest BCUT2D eigenvalue weighted by molar-refractivity contribution is -0.127. The normalized spacial score (nSPS) is 32.3. The van der Waals surface area contributed by atoms with Crippen molar-refractivity contribution in [1.29, 1.82) is 0 Å². The minimum Gasteiger partial charge on any atom is -0.316 e. The van der Waals surface area contributed by atoms with Crippen LogP contribution in [0.1, 0.15) is 45.4 Å². The number of Topliss-reactive ketones (excluding diaryl/α,β-unsaturated/α-hetero) is 1. The lowest BCUT2D eigenvalue weighted by Crippen LogP contribution is -2.44. The van der Waals surface area contributed by atoms with Crippen LogP contribution in [0.15, 0.2) is 0 Å². The Bertz CT molecular complexity index is 223. The van der Waals surface area contributed by atoms with Gasteiger partial charge in [-0.25, -0.2) is 0 Å². The Morgan fingerprint density at radius 2 is 2.00 bits per heavy atom. The predicted octanol–water partition coefficient (Wildman–Crippen LogP) is 2.38. The van der Waals surface area contributed by atoms with E-state index < -0.39 is 0 Å². The lowest BCUT2D eigenvalue weighted by atomic mass is 9.73.